The molecule has 15 heavy (non-hydrogen) atoms. The Hall–Kier alpha value is -0.260. The van der Waals surface area contributed by atoms with Crippen molar-refractivity contribution in [3.8, 4) is 0 Å². The third-order valence-corrected chi connectivity index (χ3v) is 4.62. The second-order valence-electron chi connectivity index (χ2n) is 5.72. The summed E-state index contributed by atoms with van der Waals surface area (Å²) in [4.78, 5) is 0. The summed E-state index contributed by atoms with van der Waals surface area (Å²) in [5.41, 5.74) is 0. The summed E-state index contributed by atoms with van der Waals surface area (Å²) >= 11 is 0. The number of rotatable bonds is 7. The fraction of sp³-hybridized carbons (Fsp3) is 0.867. The van der Waals surface area contributed by atoms with Crippen LogP contribution in [0.3, 0.4) is 0 Å². The van der Waals surface area contributed by atoms with Crippen molar-refractivity contribution in [2.75, 3.05) is 0 Å². The highest BCUT2D eigenvalue weighted by Crippen LogP contribution is 2.49. The molecule has 2 saturated carbocycles. The minimum absolute atomic E-state index is 1.13. The normalized spacial score (nSPS) is 33.5. The molecule has 0 aromatic heterocycles. The largest absolute Gasteiger partial charge is 0.103 e. The Morgan fingerprint density at radius 1 is 1.00 bits per heavy atom. The molecule has 0 saturated heterocycles. The molecule has 0 heteroatoms. The Morgan fingerprint density at radius 3 is 2.53 bits per heavy atom. The molecule has 0 aromatic rings. The minimum Gasteiger partial charge on any atom is -0.103 e. The van der Waals surface area contributed by atoms with Gasteiger partial charge in [0.2, 0.25) is 0 Å². The Kier molecular flexibility index (Phi) is 4.29. The fourth-order valence-electron chi connectivity index (χ4n) is 3.78. The Labute approximate surface area is 95.1 Å². The molecule has 0 aromatic carbocycles. The third-order valence-electron chi connectivity index (χ3n) is 4.62. The van der Waals surface area contributed by atoms with E-state index in [-0.39, 0.29) is 0 Å². The molecular formula is C15H26. The summed E-state index contributed by atoms with van der Waals surface area (Å²) in [6.07, 6.45) is 16.8. The van der Waals surface area contributed by atoms with Crippen molar-refractivity contribution in [3.05, 3.63) is 12.7 Å². The zero-order valence-electron chi connectivity index (χ0n) is 10.1. The summed E-state index contributed by atoms with van der Waals surface area (Å²) in [6, 6.07) is 0. The van der Waals surface area contributed by atoms with E-state index < -0.39 is 0 Å². The molecule has 3 unspecified atom stereocenters. The highest BCUT2D eigenvalue weighted by Gasteiger charge is 2.38. The smallest absolute Gasteiger partial charge is 0.0353 e. The minimum atomic E-state index is 1.13. The first-order chi connectivity index (χ1) is 7.40. The van der Waals surface area contributed by atoms with Crippen molar-refractivity contribution < 1.29 is 0 Å². The summed E-state index contributed by atoms with van der Waals surface area (Å²) in [7, 11) is 0. The maximum Gasteiger partial charge on any atom is -0.0353 e. The van der Waals surface area contributed by atoms with Crippen molar-refractivity contribution in [3.63, 3.8) is 0 Å². The third kappa shape index (κ3) is 3.09. The van der Waals surface area contributed by atoms with E-state index in [1.165, 1.54) is 38.5 Å². The number of hydrogen-bond acceptors (Lipinski definition) is 0. The van der Waals surface area contributed by atoms with Gasteiger partial charge < -0.3 is 0 Å². The topological polar surface area (TPSA) is 0 Å². The molecular weight excluding hydrogens is 180 g/mol. The summed E-state index contributed by atoms with van der Waals surface area (Å²) in [6.45, 7) is 3.77. The average Bonchev–Trinajstić information content (AvgIpc) is 2.85. The van der Waals surface area contributed by atoms with Gasteiger partial charge in [0.25, 0.3) is 0 Å². The van der Waals surface area contributed by atoms with Gasteiger partial charge in [-0.1, -0.05) is 38.2 Å². The van der Waals surface area contributed by atoms with E-state index in [1.54, 1.807) is 25.7 Å². The first-order valence-corrected chi connectivity index (χ1v) is 7.01. The molecule has 86 valence electrons. The zero-order chi connectivity index (χ0) is 10.5. The summed E-state index contributed by atoms with van der Waals surface area (Å²) < 4.78 is 0. The molecule has 0 radical (unpaired) electrons. The van der Waals surface area contributed by atoms with Gasteiger partial charge in [0, 0.05) is 0 Å². The average molecular weight is 206 g/mol. The fourth-order valence-corrected chi connectivity index (χ4v) is 3.78. The predicted molar refractivity (Wildman–Crippen MR) is 66.8 cm³/mol. The summed E-state index contributed by atoms with van der Waals surface area (Å²) in [5.74, 6) is 3.41. The Balaban J connectivity index is 1.50. The van der Waals surface area contributed by atoms with Gasteiger partial charge in [0.1, 0.15) is 0 Å². The van der Waals surface area contributed by atoms with E-state index in [0.29, 0.717) is 0 Å². The van der Waals surface area contributed by atoms with Crippen LogP contribution in [0.5, 0.6) is 0 Å². The van der Waals surface area contributed by atoms with E-state index >= 15 is 0 Å². The summed E-state index contributed by atoms with van der Waals surface area (Å²) in [5, 5.41) is 0. The van der Waals surface area contributed by atoms with Crippen LogP contribution >= 0.6 is 0 Å². The molecule has 0 amide bonds. The van der Waals surface area contributed by atoms with E-state index in [0.717, 1.165) is 17.8 Å². The molecule has 2 aliphatic carbocycles. The molecule has 0 N–H and O–H groups in total. The maximum atomic E-state index is 3.77. The lowest BCUT2D eigenvalue weighted by Crippen LogP contribution is -2.09. The van der Waals surface area contributed by atoms with E-state index in [1.807, 2.05) is 0 Å². The number of hydrogen-bond donors (Lipinski definition) is 0. The number of allylic oxidation sites excluding steroid dienone is 1. The maximum absolute atomic E-state index is 3.77. The van der Waals surface area contributed by atoms with Crippen LogP contribution in [0.1, 0.15) is 64.2 Å². The van der Waals surface area contributed by atoms with Gasteiger partial charge in [-0.05, 0) is 49.9 Å². The van der Waals surface area contributed by atoms with Crippen molar-refractivity contribution in [1.29, 1.82) is 0 Å². The van der Waals surface area contributed by atoms with E-state index in [2.05, 4.69) is 12.7 Å². The highest BCUT2D eigenvalue weighted by atomic mass is 14.4. The lowest BCUT2D eigenvalue weighted by Gasteiger charge is -2.21. The van der Waals surface area contributed by atoms with Crippen LogP contribution in [0.2, 0.25) is 0 Å². The zero-order valence-corrected chi connectivity index (χ0v) is 10.1. The van der Waals surface area contributed by atoms with Gasteiger partial charge in [0.05, 0.1) is 0 Å². The molecule has 3 atom stereocenters. The second-order valence-corrected chi connectivity index (χ2v) is 5.72. The van der Waals surface area contributed by atoms with Crippen LogP contribution in [-0.4, -0.2) is 0 Å². The molecule has 2 aliphatic rings. The molecule has 0 aliphatic heterocycles. The number of unbranched alkanes of at least 4 members (excludes halogenated alkanes) is 4. The second kappa shape index (κ2) is 5.72. The van der Waals surface area contributed by atoms with Crippen molar-refractivity contribution in [2.24, 2.45) is 17.8 Å². The van der Waals surface area contributed by atoms with Gasteiger partial charge in [-0.15, -0.1) is 6.58 Å². The standard InChI is InChI=1S/C15H26/c1-2-3-4-5-6-7-8-14-11-13-9-10-15(14)12-13/h2,13-15H,1,3-12H2. The van der Waals surface area contributed by atoms with Crippen LogP contribution in [0.15, 0.2) is 12.7 Å². The monoisotopic (exact) mass is 206 g/mol. The predicted octanol–water partition coefficient (Wildman–Crippen LogP) is 4.95. The molecule has 2 rings (SSSR count). The lowest BCUT2D eigenvalue weighted by molar-refractivity contribution is 0.305. The van der Waals surface area contributed by atoms with Crippen molar-refractivity contribution in [1.82, 2.24) is 0 Å². The van der Waals surface area contributed by atoms with E-state index in [4.69, 9.17) is 0 Å². The Bertz CT molecular complexity index is 194. The molecule has 0 heterocycles. The lowest BCUT2D eigenvalue weighted by atomic mass is 9.85. The van der Waals surface area contributed by atoms with Gasteiger partial charge in [-0.3, -0.25) is 0 Å². The van der Waals surface area contributed by atoms with Crippen molar-refractivity contribution >= 4 is 0 Å². The Morgan fingerprint density at radius 2 is 1.87 bits per heavy atom. The molecule has 2 fully saturated rings. The van der Waals surface area contributed by atoms with Gasteiger partial charge in [-0.2, -0.15) is 0 Å². The van der Waals surface area contributed by atoms with Crippen LogP contribution in [0, 0.1) is 17.8 Å². The SMILES string of the molecule is C=CCCCCCCC1CC2CCC1C2. The van der Waals surface area contributed by atoms with Gasteiger partial charge in [0.15, 0.2) is 0 Å². The van der Waals surface area contributed by atoms with Gasteiger partial charge >= 0.3 is 0 Å². The highest BCUT2D eigenvalue weighted by molar-refractivity contribution is 4.89. The quantitative estimate of drug-likeness (QED) is 0.408. The van der Waals surface area contributed by atoms with Gasteiger partial charge in [-0.25, -0.2) is 0 Å². The molecule has 2 bridgehead atoms. The van der Waals surface area contributed by atoms with Crippen LogP contribution < -0.4 is 0 Å². The van der Waals surface area contributed by atoms with Crippen molar-refractivity contribution in [2.45, 2.75) is 64.2 Å². The molecule has 0 nitrogen and oxygen atoms in total. The van der Waals surface area contributed by atoms with Crippen LogP contribution in [0.25, 0.3) is 0 Å². The van der Waals surface area contributed by atoms with Crippen LogP contribution in [-0.2, 0) is 0 Å². The molecule has 0 spiro atoms. The van der Waals surface area contributed by atoms with Crippen LogP contribution in [0.4, 0.5) is 0 Å². The first-order valence-electron chi connectivity index (χ1n) is 7.01. The first kappa shape index (κ1) is 11.2. The van der Waals surface area contributed by atoms with E-state index in [9.17, 15) is 0 Å². The number of fused-ring (bicyclic) bond motifs is 2.